The summed E-state index contributed by atoms with van der Waals surface area (Å²) in [6, 6.07) is 4.91. The largest absolute Gasteiger partial charge is 0.491 e. The molecule has 0 spiro atoms. The second-order valence-electron chi connectivity index (χ2n) is 14.3. The highest BCUT2D eigenvalue weighted by atomic mass is 28.4. The number of carbonyl (C=O) groups is 1. The average Bonchev–Trinajstić information content (AvgIpc) is 3.28. The first-order valence-corrected chi connectivity index (χ1v) is 20.0. The van der Waals surface area contributed by atoms with Crippen LogP contribution in [0.2, 0.25) is 36.3 Å². The molecule has 5 atom stereocenters. The van der Waals surface area contributed by atoms with Gasteiger partial charge in [0, 0.05) is 18.3 Å². The van der Waals surface area contributed by atoms with E-state index in [1.807, 2.05) is 6.08 Å². The molecule has 5 nitrogen and oxygen atoms in total. The van der Waals surface area contributed by atoms with Crippen molar-refractivity contribution in [3.05, 3.63) is 42.0 Å². The Morgan fingerprint density at radius 3 is 2.23 bits per heavy atom. The standard InChI is InChI=1S/C30H47F3O5Si2/c1-28(2,3)39(7,8)37-22(19-35-21-13-11-12-20(16-21)30(31,32)33)14-15-23-24-17-27(34)36-25(24)18-26(23)38-40(9,10)29(4,5)6/h11-16,22-26H,17-19H2,1-10H3/b15-14+/t22-,23-,24?,25+,26+/m1/s1. The second-order valence-corrected chi connectivity index (χ2v) is 23.8. The minimum absolute atomic E-state index is 0.0245. The molecule has 10 heteroatoms. The van der Waals surface area contributed by atoms with Crippen molar-refractivity contribution in [2.24, 2.45) is 11.8 Å². The third kappa shape index (κ3) is 7.80. The van der Waals surface area contributed by atoms with Gasteiger partial charge in [0.2, 0.25) is 0 Å². The van der Waals surface area contributed by atoms with Gasteiger partial charge in [-0.3, -0.25) is 4.79 Å². The fourth-order valence-corrected chi connectivity index (χ4v) is 7.34. The number of rotatable bonds is 9. The van der Waals surface area contributed by atoms with Crippen LogP contribution >= 0.6 is 0 Å². The molecule has 3 rings (SSSR count). The van der Waals surface area contributed by atoms with E-state index in [1.54, 1.807) is 0 Å². The monoisotopic (exact) mass is 600 g/mol. The molecule has 40 heavy (non-hydrogen) atoms. The molecular weight excluding hydrogens is 553 g/mol. The first-order chi connectivity index (χ1) is 18.1. The van der Waals surface area contributed by atoms with Crippen molar-refractivity contribution in [1.29, 1.82) is 0 Å². The van der Waals surface area contributed by atoms with Gasteiger partial charge in [0.05, 0.1) is 24.2 Å². The van der Waals surface area contributed by atoms with Crippen LogP contribution in [0, 0.1) is 11.8 Å². The van der Waals surface area contributed by atoms with Crippen LogP contribution in [0.1, 0.15) is 59.9 Å². The van der Waals surface area contributed by atoms with E-state index in [0.29, 0.717) is 12.8 Å². The summed E-state index contributed by atoms with van der Waals surface area (Å²) < 4.78 is 64.8. The number of hydrogen-bond acceptors (Lipinski definition) is 5. The summed E-state index contributed by atoms with van der Waals surface area (Å²) in [6.45, 7) is 21.8. The van der Waals surface area contributed by atoms with Crippen molar-refractivity contribution < 1.29 is 36.3 Å². The topological polar surface area (TPSA) is 54.0 Å². The molecule has 2 fully saturated rings. The Morgan fingerprint density at radius 2 is 1.65 bits per heavy atom. The summed E-state index contributed by atoms with van der Waals surface area (Å²) in [6.07, 6.45) is -0.131. The summed E-state index contributed by atoms with van der Waals surface area (Å²) in [4.78, 5) is 12.1. The predicted molar refractivity (Wildman–Crippen MR) is 156 cm³/mol. The zero-order chi connectivity index (χ0) is 30.3. The minimum atomic E-state index is -4.45. The van der Waals surface area contributed by atoms with Crippen molar-refractivity contribution in [2.45, 2.75) is 115 Å². The van der Waals surface area contributed by atoms with Crippen molar-refractivity contribution in [1.82, 2.24) is 0 Å². The lowest BCUT2D eigenvalue weighted by molar-refractivity contribution is -0.142. The van der Waals surface area contributed by atoms with E-state index in [2.05, 4.69) is 73.8 Å². The van der Waals surface area contributed by atoms with Gasteiger partial charge in [-0.2, -0.15) is 13.2 Å². The molecule has 1 aliphatic heterocycles. The average molecular weight is 601 g/mol. The zero-order valence-corrected chi connectivity index (χ0v) is 27.6. The Kier molecular flexibility index (Phi) is 9.51. The lowest BCUT2D eigenvalue weighted by atomic mass is 9.91. The molecule has 1 aliphatic carbocycles. The third-order valence-corrected chi connectivity index (χ3v) is 18.2. The van der Waals surface area contributed by atoms with E-state index in [-0.39, 0.29) is 52.4 Å². The number of carbonyl (C=O) groups excluding carboxylic acids is 1. The van der Waals surface area contributed by atoms with Gasteiger partial charge in [0.1, 0.15) is 18.5 Å². The maximum Gasteiger partial charge on any atom is 0.416 e. The Bertz CT molecular complexity index is 1070. The van der Waals surface area contributed by atoms with Crippen molar-refractivity contribution >= 4 is 22.6 Å². The quantitative estimate of drug-likeness (QED) is 0.162. The number of hydrogen-bond donors (Lipinski definition) is 0. The van der Waals surface area contributed by atoms with Crippen molar-refractivity contribution in [3.8, 4) is 5.75 Å². The number of benzene rings is 1. The maximum absolute atomic E-state index is 13.2. The fraction of sp³-hybridized carbons (Fsp3) is 0.700. The van der Waals surface area contributed by atoms with E-state index in [1.165, 1.54) is 12.1 Å². The Morgan fingerprint density at radius 1 is 1.02 bits per heavy atom. The molecule has 0 radical (unpaired) electrons. The molecule has 0 aromatic heterocycles. The maximum atomic E-state index is 13.2. The van der Waals surface area contributed by atoms with Crippen LogP contribution in [0.25, 0.3) is 0 Å². The van der Waals surface area contributed by atoms with E-state index in [4.69, 9.17) is 18.3 Å². The van der Waals surface area contributed by atoms with E-state index in [9.17, 15) is 18.0 Å². The van der Waals surface area contributed by atoms with Crippen LogP contribution in [0.15, 0.2) is 36.4 Å². The molecule has 1 saturated heterocycles. The van der Waals surface area contributed by atoms with Crippen LogP contribution in [-0.4, -0.2) is 47.5 Å². The summed E-state index contributed by atoms with van der Waals surface area (Å²) >= 11 is 0. The molecule has 0 bridgehead atoms. The molecule has 1 aromatic carbocycles. The van der Waals surface area contributed by atoms with Gasteiger partial charge in [-0.25, -0.2) is 0 Å². The molecule has 1 heterocycles. The molecule has 2 aliphatic rings. The molecule has 0 amide bonds. The fourth-order valence-electron chi connectivity index (χ4n) is 4.72. The summed E-state index contributed by atoms with van der Waals surface area (Å²) in [5, 5.41) is -0.0458. The molecule has 226 valence electrons. The van der Waals surface area contributed by atoms with Gasteiger partial charge in [-0.05, 0) is 54.5 Å². The molecule has 1 saturated carbocycles. The Labute approximate surface area is 240 Å². The third-order valence-electron chi connectivity index (χ3n) is 9.18. The van der Waals surface area contributed by atoms with Gasteiger partial charge < -0.3 is 18.3 Å². The number of alkyl halides is 3. The van der Waals surface area contributed by atoms with Crippen LogP contribution in [0.3, 0.4) is 0 Å². The number of halogens is 3. The molecule has 1 aromatic rings. The smallest absolute Gasteiger partial charge is 0.416 e. The number of ether oxygens (including phenoxy) is 2. The van der Waals surface area contributed by atoms with Gasteiger partial charge >= 0.3 is 12.1 Å². The molecule has 0 N–H and O–H groups in total. The summed E-state index contributed by atoms with van der Waals surface area (Å²) in [5.74, 6) is -0.0517. The lowest BCUT2D eigenvalue weighted by Crippen LogP contribution is -2.45. The first kappa shape index (κ1) is 32.9. The van der Waals surface area contributed by atoms with Gasteiger partial charge in [0.25, 0.3) is 0 Å². The van der Waals surface area contributed by atoms with Gasteiger partial charge in [-0.15, -0.1) is 0 Å². The summed E-state index contributed by atoms with van der Waals surface area (Å²) in [5.41, 5.74) is -0.754. The van der Waals surface area contributed by atoms with Crippen molar-refractivity contribution in [3.63, 3.8) is 0 Å². The Balaban J connectivity index is 1.87. The number of fused-ring (bicyclic) bond motifs is 1. The highest BCUT2D eigenvalue weighted by molar-refractivity contribution is 6.74. The normalized spacial score (nSPS) is 25.3. The van der Waals surface area contributed by atoms with Crippen LogP contribution in [0.5, 0.6) is 5.75 Å². The molecular formula is C30H47F3O5Si2. The Hall–Kier alpha value is -1.63. The summed E-state index contributed by atoms with van der Waals surface area (Å²) in [7, 11) is -4.35. The van der Waals surface area contributed by atoms with Crippen LogP contribution < -0.4 is 4.74 Å². The zero-order valence-electron chi connectivity index (χ0n) is 25.6. The lowest BCUT2D eigenvalue weighted by Gasteiger charge is -2.40. The SMILES string of the molecule is CC(C)(C)[Si](C)(C)O[C@H](/C=C/[C@@H]1C2CC(=O)O[C@H]2C[C@@H]1O[Si](C)(C)C(C)(C)C)COc1cccc(C(F)(F)F)c1. The van der Waals surface area contributed by atoms with E-state index in [0.717, 1.165) is 12.1 Å². The van der Waals surface area contributed by atoms with Gasteiger partial charge in [-0.1, -0.05) is 59.8 Å². The predicted octanol–water partition coefficient (Wildman–Crippen LogP) is 8.37. The highest BCUT2D eigenvalue weighted by Crippen LogP contribution is 2.47. The molecule has 1 unspecified atom stereocenters. The van der Waals surface area contributed by atoms with E-state index < -0.39 is 34.5 Å². The second kappa shape index (κ2) is 11.6. The number of esters is 1. The van der Waals surface area contributed by atoms with Crippen LogP contribution in [0.4, 0.5) is 13.2 Å². The van der Waals surface area contributed by atoms with Crippen LogP contribution in [-0.2, 0) is 24.6 Å². The first-order valence-electron chi connectivity index (χ1n) is 14.1. The van der Waals surface area contributed by atoms with E-state index >= 15 is 0 Å². The minimum Gasteiger partial charge on any atom is -0.491 e. The van der Waals surface area contributed by atoms with Crippen molar-refractivity contribution in [2.75, 3.05) is 6.61 Å². The van der Waals surface area contributed by atoms with Gasteiger partial charge in [0.15, 0.2) is 16.6 Å². The highest BCUT2D eigenvalue weighted by Gasteiger charge is 2.52.